The summed E-state index contributed by atoms with van der Waals surface area (Å²) in [6.45, 7) is 4.31. The van der Waals surface area contributed by atoms with Gasteiger partial charge >= 0.3 is 0 Å². The van der Waals surface area contributed by atoms with E-state index < -0.39 is 9.84 Å². The first-order chi connectivity index (χ1) is 19.3. The SMILES string of the molecule is CCOc1cc(O[C@@H]2CCN(C)C2)ccc1Nc1ncc(Cl)c(Nc2ccccc2S(=O)(=O)C2CCCCC2)n1. The minimum Gasteiger partial charge on any atom is -0.492 e. The molecule has 2 heterocycles. The van der Waals surface area contributed by atoms with E-state index in [1.54, 1.807) is 24.3 Å². The maximum atomic E-state index is 13.5. The van der Waals surface area contributed by atoms with Crippen LogP contribution in [0.2, 0.25) is 5.02 Å². The lowest BCUT2D eigenvalue weighted by Crippen LogP contribution is -2.24. The summed E-state index contributed by atoms with van der Waals surface area (Å²) in [5.74, 6) is 1.94. The number of anilines is 4. The molecule has 1 aliphatic heterocycles. The fraction of sp³-hybridized carbons (Fsp3) is 0.448. The second-order valence-corrected chi connectivity index (χ2v) is 12.9. The van der Waals surface area contributed by atoms with E-state index in [0.717, 1.165) is 44.5 Å². The average Bonchev–Trinajstić information content (AvgIpc) is 3.37. The number of nitrogens with one attached hydrogen (secondary N) is 2. The van der Waals surface area contributed by atoms with Gasteiger partial charge < -0.3 is 25.0 Å². The maximum absolute atomic E-state index is 13.5. The van der Waals surface area contributed by atoms with E-state index in [9.17, 15) is 8.42 Å². The molecule has 11 heteroatoms. The second-order valence-electron chi connectivity index (χ2n) is 10.3. The van der Waals surface area contributed by atoms with Gasteiger partial charge in [0.2, 0.25) is 5.95 Å². The van der Waals surface area contributed by atoms with Crippen molar-refractivity contribution in [3.8, 4) is 11.5 Å². The summed E-state index contributed by atoms with van der Waals surface area (Å²) in [7, 11) is -1.42. The van der Waals surface area contributed by atoms with Crippen molar-refractivity contribution in [2.75, 3.05) is 37.4 Å². The summed E-state index contributed by atoms with van der Waals surface area (Å²) in [6.07, 6.45) is 6.92. The molecule has 1 atom stereocenters. The maximum Gasteiger partial charge on any atom is 0.229 e. The molecule has 1 saturated heterocycles. The van der Waals surface area contributed by atoms with Crippen molar-refractivity contribution < 1.29 is 17.9 Å². The molecule has 214 valence electrons. The summed E-state index contributed by atoms with van der Waals surface area (Å²) in [6, 6.07) is 12.5. The van der Waals surface area contributed by atoms with E-state index in [2.05, 4.69) is 32.5 Å². The van der Waals surface area contributed by atoms with Crippen LogP contribution in [0.15, 0.2) is 53.6 Å². The Hall–Kier alpha value is -3.08. The molecular formula is C29H36ClN5O4S. The fourth-order valence-electron chi connectivity index (χ4n) is 5.27. The van der Waals surface area contributed by atoms with Gasteiger partial charge in [-0.3, -0.25) is 0 Å². The fourth-order valence-corrected chi connectivity index (χ4v) is 7.42. The minimum absolute atomic E-state index is 0.149. The van der Waals surface area contributed by atoms with Crippen LogP contribution in [0.1, 0.15) is 45.4 Å². The van der Waals surface area contributed by atoms with Crippen molar-refractivity contribution in [1.29, 1.82) is 0 Å². The molecular weight excluding hydrogens is 550 g/mol. The van der Waals surface area contributed by atoms with Crippen LogP contribution in [0.25, 0.3) is 0 Å². The van der Waals surface area contributed by atoms with Crippen molar-refractivity contribution in [2.45, 2.75) is 61.7 Å². The molecule has 0 spiro atoms. The lowest BCUT2D eigenvalue weighted by atomic mass is 10.0. The third-order valence-corrected chi connectivity index (χ3v) is 9.93. The molecule has 0 radical (unpaired) electrons. The number of aromatic nitrogens is 2. The van der Waals surface area contributed by atoms with Crippen LogP contribution < -0.4 is 20.1 Å². The first-order valence-corrected chi connectivity index (χ1v) is 15.8. The predicted molar refractivity (Wildman–Crippen MR) is 158 cm³/mol. The molecule has 2 fully saturated rings. The van der Waals surface area contributed by atoms with E-state index in [4.69, 9.17) is 21.1 Å². The number of likely N-dealkylation sites (tertiary alicyclic amines) is 1. The monoisotopic (exact) mass is 585 g/mol. The van der Waals surface area contributed by atoms with Crippen LogP contribution in [0, 0.1) is 0 Å². The van der Waals surface area contributed by atoms with Crippen molar-refractivity contribution in [1.82, 2.24) is 14.9 Å². The molecule has 0 bridgehead atoms. The highest BCUT2D eigenvalue weighted by molar-refractivity contribution is 7.92. The average molecular weight is 586 g/mol. The molecule has 0 unspecified atom stereocenters. The highest BCUT2D eigenvalue weighted by Gasteiger charge is 2.31. The molecule has 0 amide bonds. The van der Waals surface area contributed by atoms with E-state index in [-0.39, 0.29) is 27.2 Å². The predicted octanol–water partition coefficient (Wildman–Crippen LogP) is 6.21. The number of benzene rings is 2. The Morgan fingerprint density at radius 2 is 1.85 bits per heavy atom. The van der Waals surface area contributed by atoms with Crippen molar-refractivity contribution in [3.05, 3.63) is 53.7 Å². The quantitative estimate of drug-likeness (QED) is 0.287. The Kier molecular flexibility index (Phi) is 8.97. The van der Waals surface area contributed by atoms with Gasteiger partial charge in [0, 0.05) is 19.2 Å². The van der Waals surface area contributed by atoms with Gasteiger partial charge in [-0.2, -0.15) is 4.98 Å². The number of ether oxygens (including phenoxy) is 2. The van der Waals surface area contributed by atoms with Gasteiger partial charge in [0.05, 0.1) is 34.3 Å². The summed E-state index contributed by atoms with van der Waals surface area (Å²) >= 11 is 6.45. The molecule has 2 aromatic carbocycles. The van der Waals surface area contributed by atoms with Crippen LogP contribution in [0.5, 0.6) is 11.5 Å². The molecule has 5 rings (SSSR count). The normalized spacial score (nSPS) is 18.4. The van der Waals surface area contributed by atoms with E-state index in [0.29, 0.717) is 42.4 Å². The Morgan fingerprint density at radius 1 is 1.05 bits per heavy atom. The number of rotatable bonds is 10. The topological polar surface area (TPSA) is 106 Å². The largest absolute Gasteiger partial charge is 0.492 e. The summed E-state index contributed by atoms with van der Waals surface area (Å²) in [4.78, 5) is 11.4. The van der Waals surface area contributed by atoms with Gasteiger partial charge in [0.25, 0.3) is 0 Å². The van der Waals surface area contributed by atoms with Crippen molar-refractivity contribution >= 4 is 44.6 Å². The number of likely N-dealkylation sites (N-methyl/N-ethyl adjacent to an activating group) is 1. The van der Waals surface area contributed by atoms with Crippen LogP contribution in [0.4, 0.5) is 23.1 Å². The highest BCUT2D eigenvalue weighted by atomic mass is 35.5. The molecule has 3 aromatic rings. The summed E-state index contributed by atoms with van der Waals surface area (Å²) in [5, 5.41) is 6.25. The number of para-hydroxylation sites is 1. The molecule has 2 aliphatic rings. The second kappa shape index (κ2) is 12.6. The van der Waals surface area contributed by atoms with Crippen molar-refractivity contribution in [3.63, 3.8) is 0 Å². The van der Waals surface area contributed by atoms with Crippen LogP contribution >= 0.6 is 11.6 Å². The standard InChI is InChI=1S/C29H36ClN5O4S/c1-3-38-26-17-20(39-21-15-16-35(2)19-21)13-14-24(26)33-29-31-18-23(30)28(34-29)32-25-11-7-8-12-27(25)40(36,37)22-9-5-4-6-10-22/h7-8,11-14,17-18,21-22H,3-6,9-10,15-16,19H2,1-2H3,(H2,31,32,33,34)/t21-/m1/s1. The van der Waals surface area contributed by atoms with E-state index >= 15 is 0 Å². The number of hydrogen-bond donors (Lipinski definition) is 2. The lowest BCUT2D eigenvalue weighted by molar-refractivity contribution is 0.207. The van der Waals surface area contributed by atoms with Crippen LogP contribution in [-0.2, 0) is 9.84 Å². The Morgan fingerprint density at radius 3 is 2.60 bits per heavy atom. The van der Waals surface area contributed by atoms with Crippen LogP contribution in [-0.4, -0.2) is 61.4 Å². The van der Waals surface area contributed by atoms with E-state index in [1.165, 1.54) is 6.20 Å². The number of hydrogen-bond acceptors (Lipinski definition) is 9. The zero-order valence-electron chi connectivity index (χ0n) is 22.9. The molecule has 1 aromatic heterocycles. The van der Waals surface area contributed by atoms with Crippen molar-refractivity contribution in [2.24, 2.45) is 0 Å². The Labute approximate surface area is 241 Å². The molecule has 40 heavy (non-hydrogen) atoms. The first kappa shape index (κ1) is 28.4. The molecule has 9 nitrogen and oxygen atoms in total. The third-order valence-electron chi connectivity index (χ3n) is 7.33. The zero-order chi connectivity index (χ0) is 28.1. The van der Waals surface area contributed by atoms with Gasteiger partial charge in [0.1, 0.15) is 22.6 Å². The number of nitrogens with zero attached hydrogens (tertiary/aromatic N) is 3. The highest BCUT2D eigenvalue weighted by Crippen LogP contribution is 2.36. The number of halogens is 1. The Balaban J connectivity index is 1.36. The molecule has 2 N–H and O–H groups in total. The summed E-state index contributed by atoms with van der Waals surface area (Å²) in [5.41, 5.74) is 1.11. The third kappa shape index (κ3) is 6.62. The minimum atomic E-state index is -3.51. The van der Waals surface area contributed by atoms with E-state index in [1.807, 2.05) is 25.1 Å². The van der Waals surface area contributed by atoms with Gasteiger partial charge in [-0.15, -0.1) is 0 Å². The van der Waals surface area contributed by atoms with Crippen LogP contribution in [0.3, 0.4) is 0 Å². The van der Waals surface area contributed by atoms with Gasteiger partial charge in [-0.1, -0.05) is 43.0 Å². The first-order valence-electron chi connectivity index (χ1n) is 13.8. The molecule has 1 saturated carbocycles. The Bertz CT molecular complexity index is 1430. The number of sulfone groups is 1. The summed E-state index contributed by atoms with van der Waals surface area (Å²) < 4.78 is 39.0. The molecule has 1 aliphatic carbocycles. The zero-order valence-corrected chi connectivity index (χ0v) is 24.5. The van der Waals surface area contributed by atoms with Gasteiger partial charge in [0.15, 0.2) is 15.7 Å². The smallest absolute Gasteiger partial charge is 0.229 e. The van der Waals surface area contributed by atoms with Gasteiger partial charge in [-0.25, -0.2) is 13.4 Å². The lowest BCUT2D eigenvalue weighted by Gasteiger charge is -2.23. The van der Waals surface area contributed by atoms with Gasteiger partial charge in [-0.05, 0) is 57.5 Å².